The van der Waals surface area contributed by atoms with Crippen LogP contribution >= 0.6 is 0 Å². The molecule has 86 valence electrons. The number of rotatable bonds is 1. The van der Waals surface area contributed by atoms with Gasteiger partial charge in [-0.1, -0.05) is 10.4 Å². The summed E-state index contributed by atoms with van der Waals surface area (Å²) in [6, 6.07) is 3.36. The summed E-state index contributed by atoms with van der Waals surface area (Å²) in [4.78, 5) is 11.0. The first-order valence-electron chi connectivity index (χ1n) is 3.83. The maximum atomic E-state index is 12.2. The van der Waals surface area contributed by atoms with Crippen LogP contribution in [0.5, 0.6) is 0 Å². The van der Waals surface area contributed by atoms with Gasteiger partial charge in [-0.3, -0.25) is 4.79 Å². The first-order valence-corrected chi connectivity index (χ1v) is 4.86. The molecule has 0 aliphatic carbocycles. The van der Waals surface area contributed by atoms with Crippen LogP contribution in [0.25, 0.3) is 0 Å². The molecule has 0 N–H and O–H groups in total. The molecule has 0 atom stereocenters. The Morgan fingerprint density at radius 2 is 1.88 bits per heavy atom. The second-order valence-electron chi connectivity index (χ2n) is 2.69. The summed E-state index contributed by atoms with van der Waals surface area (Å²) in [7, 11) is -2.98. The van der Waals surface area contributed by atoms with Crippen molar-refractivity contribution in [2.45, 2.75) is 6.18 Å². The zero-order valence-corrected chi connectivity index (χ0v) is 8.34. The van der Waals surface area contributed by atoms with Gasteiger partial charge in [-0.15, -0.1) is 0 Å². The van der Waals surface area contributed by atoms with Gasteiger partial charge in [0.2, 0.25) is 0 Å². The van der Waals surface area contributed by atoms with Crippen LogP contribution in [-0.4, -0.2) is 14.3 Å². The summed E-state index contributed by atoms with van der Waals surface area (Å²) in [5.41, 5.74) is -1.47. The number of hydrogen-bond donors (Lipinski definition) is 0. The van der Waals surface area contributed by atoms with Crippen LogP contribution in [0, 0.1) is 0 Å². The van der Waals surface area contributed by atoms with Crippen molar-refractivity contribution < 1.29 is 26.4 Å². The fourth-order valence-corrected chi connectivity index (χ4v) is 1.19. The molecule has 1 aromatic carbocycles. The van der Waals surface area contributed by atoms with Crippen molar-refractivity contribution in [1.82, 2.24) is 0 Å². The molecule has 16 heavy (non-hydrogen) atoms. The third-order valence-electron chi connectivity index (χ3n) is 1.59. The molecule has 1 rings (SSSR count). The summed E-state index contributed by atoms with van der Waals surface area (Å²) in [5.74, 6) is -1.24. The Hall–Kier alpha value is -1.70. The molecule has 0 saturated heterocycles. The van der Waals surface area contributed by atoms with Gasteiger partial charge in [-0.25, -0.2) is 0 Å². The van der Waals surface area contributed by atoms with E-state index in [9.17, 15) is 26.4 Å². The monoisotopic (exact) mass is 251 g/mol. The van der Waals surface area contributed by atoms with Gasteiger partial charge in [0.15, 0.2) is 0 Å². The van der Waals surface area contributed by atoms with E-state index in [2.05, 4.69) is 4.36 Å². The molecule has 0 aromatic heterocycles. The van der Waals surface area contributed by atoms with Crippen LogP contribution in [0.1, 0.15) is 15.9 Å². The average molecular weight is 251 g/mol. The predicted molar refractivity (Wildman–Crippen MR) is 47.1 cm³/mol. The zero-order chi connectivity index (χ0) is 12.3. The molecule has 0 radical (unpaired) electrons. The molecule has 0 heterocycles. The standard InChI is InChI=1S/C8H4F3NO3S/c9-8(10,11)6-3-1-2-5(4-6)7(13)12-16(14)15/h1-4H. The number of amides is 1. The van der Waals surface area contributed by atoms with E-state index < -0.39 is 33.7 Å². The third-order valence-corrected chi connectivity index (χ3v) is 1.91. The zero-order valence-electron chi connectivity index (χ0n) is 7.52. The number of benzene rings is 1. The van der Waals surface area contributed by atoms with Gasteiger partial charge in [0.1, 0.15) is 0 Å². The minimum absolute atomic E-state index is 0.431. The smallest absolute Gasteiger partial charge is 0.266 e. The Balaban J connectivity index is 3.19. The van der Waals surface area contributed by atoms with E-state index in [4.69, 9.17) is 0 Å². The molecule has 0 bridgehead atoms. The van der Waals surface area contributed by atoms with Gasteiger partial charge >= 0.3 is 16.7 Å². The fraction of sp³-hybridized carbons (Fsp3) is 0.125. The molecule has 1 amide bonds. The lowest BCUT2D eigenvalue weighted by Gasteiger charge is -2.06. The Morgan fingerprint density at radius 3 is 2.38 bits per heavy atom. The highest BCUT2D eigenvalue weighted by atomic mass is 32.2. The van der Waals surface area contributed by atoms with Crippen LogP contribution in [0.3, 0.4) is 0 Å². The largest absolute Gasteiger partial charge is 0.416 e. The molecular weight excluding hydrogens is 247 g/mol. The Bertz CT molecular complexity index is 540. The van der Waals surface area contributed by atoms with Gasteiger partial charge < -0.3 is 0 Å². The maximum Gasteiger partial charge on any atom is 0.416 e. The second-order valence-corrected chi connectivity index (χ2v) is 3.31. The van der Waals surface area contributed by atoms with Gasteiger partial charge in [-0.05, 0) is 18.2 Å². The number of carbonyl (C=O) groups is 1. The van der Waals surface area contributed by atoms with Crippen LogP contribution < -0.4 is 0 Å². The molecule has 0 aliphatic heterocycles. The van der Waals surface area contributed by atoms with E-state index in [1.807, 2.05) is 0 Å². The van der Waals surface area contributed by atoms with Crippen LogP contribution in [0.4, 0.5) is 13.2 Å². The first kappa shape index (κ1) is 12.4. The fourth-order valence-electron chi connectivity index (χ4n) is 0.949. The van der Waals surface area contributed by atoms with Gasteiger partial charge in [0.05, 0.1) is 5.56 Å². The SMILES string of the molecule is O=C(N=S(=O)=O)c1cccc(C(F)(F)F)c1. The third kappa shape index (κ3) is 3.16. The highest BCUT2D eigenvalue weighted by Crippen LogP contribution is 2.29. The molecular formula is C8H4F3NO3S. The predicted octanol–water partition coefficient (Wildman–Crippen LogP) is 1.91. The molecule has 0 aliphatic rings. The molecule has 0 saturated carbocycles. The van der Waals surface area contributed by atoms with Gasteiger partial charge in [-0.2, -0.15) is 21.6 Å². The first-order chi connectivity index (χ1) is 7.30. The summed E-state index contributed by atoms with van der Waals surface area (Å²) in [5, 5.41) is 0. The van der Waals surface area contributed by atoms with Crippen molar-refractivity contribution in [3.8, 4) is 0 Å². The normalized spacial score (nSPS) is 10.9. The minimum atomic E-state index is -4.59. The summed E-state index contributed by atoms with van der Waals surface area (Å²) >= 11 is 0. The summed E-state index contributed by atoms with van der Waals surface area (Å²) in [6.07, 6.45) is -4.59. The number of alkyl halides is 3. The van der Waals surface area contributed by atoms with Crippen molar-refractivity contribution in [2.24, 2.45) is 4.36 Å². The van der Waals surface area contributed by atoms with E-state index >= 15 is 0 Å². The van der Waals surface area contributed by atoms with E-state index in [-0.39, 0.29) is 0 Å². The molecule has 4 nitrogen and oxygen atoms in total. The number of halogens is 3. The molecule has 0 spiro atoms. The molecule has 0 fully saturated rings. The minimum Gasteiger partial charge on any atom is -0.266 e. The highest BCUT2D eigenvalue weighted by molar-refractivity contribution is 7.62. The summed E-state index contributed by atoms with van der Waals surface area (Å²) < 4.78 is 59.4. The van der Waals surface area contributed by atoms with Gasteiger partial charge in [0.25, 0.3) is 5.91 Å². The highest BCUT2D eigenvalue weighted by Gasteiger charge is 2.30. The van der Waals surface area contributed by atoms with Crippen LogP contribution in [0.2, 0.25) is 0 Å². The lowest BCUT2D eigenvalue weighted by atomic mass is 10.1. The number of carbonyl (C=O) groups excluding carboxylic acids is 1. The Morgan fingerprint density at radius 1 is 1.25 bits per heavy atom. The van der Waals surface area contributed by atoms with Crippen molar-refractivity contribution in [3.05, 3.63) is 35.4 Å². The van der Waals surface area contributed by atoms with Crippen molar-refractivity contribution in [1.29, 1.82) is 0 Å². The Labute approximate surface area is 89.4 Å². The lowest BCUT2D eigenvalue weighted by molar-refractivity contribution is -0.137. The average Bonchev–Trinajstić information content (AvgIpc) is 2.15. The van der Waals surface area contributed by atoms with Gasteiger partial charge in [0, 0.05) is 5.56 Å². The van der Waals surface area contributed by atoms with E-state index in [0.717, 1.165) is 18.2 Å². The van der Waals surface area contributed by atoms with Crippen molar-refractivity contribution in [3.63, 3.8) is 0 Å². The molecule has 0 unspecified atom stereocenters. The quantitative estimate of drug-likeness (QED) is 0.765. The van der Waals surface area contributed by atoms with Crippen molar-refractivity contribution >= 4 is 16.4 Å². The summed E-state index contributed by atoms with van der Waals surface area (Å²) in [6.45, 7) is 0. The van der Waals surface area contributed by atoms with E-state index in [1.54, 1.807) is 0 Å². The van der Waals surface area contributed by atoms with E-state index in [1.165, 1.54) is 0 Å². The number of nitrogens with zero attached hydrogens (tertiary/aromatic N) is 1. The maximum absolute atomic E-state index is 12.2. The lowest BCUT2D eigenvalue weighted by Crippen LogP contribution is -2.06. The molecule has 1 aromatic rings. The van der Waals surface area contributed by atoms with E-state index in [0.29, 0.717) is 6.07 Å². The second kappa shape index (κ2) is 4.44. The van der Waals surface area contributed by atoms with Crippen LogP contribution in [0.15, 0.2) is 28.6 Å². The van der Waals surface area contributed by atoms with Crippen molar-refractivity contribution in [2.75, 3.05) is 0 Å². The topological polar surface area (TPSA) is 63.6 Å². The Kier molecular flexibility index (Phi) is 3.43. The number of hydrogen-bond acceptors (Lipinski definition) is 3. The van der Waals surface area contributed by atoms with Crippen LogP contribution in [-0.2, 0) is 16.7 Å². The molecule has 8 heteroatoms.